The van der Waals surface area contributed by atoms with Crippen LogP contribution in [0.1, 0.15) is 31.2 Å². The van der Waals surface area contributed by atoms with E-state index in [1.165, 1.54) is 18.6 Å². The minimum absolute atomic E-state index is 0.128. The molecular weight excluding hydrogens is 359 g/mol. The second-order valence-electron chi connectivity index (χ2n) is 7.55. The highest BCUT2D eigenvalue weighted by molar-refractivity contribution is 5.45. The van der Waals surface area contributed by atoms with Crippen LogP contribution >= 0.6 is 0 Å². The zero-order valence-corrected chi connectivity index (χ0v) is 16.1. The van der Waals surface area contributed by atoms with E-state index in [4.69, 9.17) is 9.72 Å². The topological polar surface area (TPSA) is 61.5 Å². The van der Waals surface area contributed by atoms with Crippen LogP contribution in [0, 0.1) is 5.82 Å². The Balaban J connectivity index is 1.61. The molecule has 1 aromatic carbocycles. The molecular formula is C21H27FN4O2. The number of nitrogens with zero attached hydrogens (tertiary/aromatic N) is 3. The van der Waals surface area contributed by atoms with Crippen molar-refractivity contribution in [1.82, 2.24) is 9.97 Å². The number of morpholine rings is 1. The number of anilines is 2. The predicted octanol–water partition coefficient (Wildman–Crippen LogP) is 2.74. The minimum atomic E-state index is -0.217. The Hall–Kier alpha value is -2.41. The Morgan fingerprint density at radius 3 is 2.68 bits per heavy atom. The summed E-state index contributed by atoms with van der Waals surface area (Å²) >= 11 is 0. The number of hydrogen-bond donors (Lipinski definition) is 1. The summed E-state index contributed by atoms with van der Waals surface area (Å²) in [6, 6.07) is 8.51. The highest BCUT2D eigenvalue weighted by atomic mass is 19.1. The molecule has 4 rings (SSSR count). The lowest BCUT2D eigenvalue weighted by Gasteiger charge is -2.32. The van der Waals surface area contributed by atoms with Crippen LogP contribution in [0.3, 0.4) is 0 Å². The quantitative estimate of drug-likeness (QED) is 0.876. The lowest BCUT2D eigenvalue weighted by molar-refractivity contribution is 0.122. The van der Waals surface area contributed by atoms with Crippen molar-refractivity contribution in [3.63, 3.8) is 0 Å². The molecule has 0 spiro atoms. The lowest BCUT2D eigenvalue weighted by Crippen LogP contribution is -2.41. The fraction of sp³-hybridized carbons (Fsp3) is 0.524. The van der Waals surface area contributed by atoms with Gasteiger partial charge in [-0.15, -0.1) is 0 Å². The van der Waals surface area contributed by atoms with Crippen LogP contribution in [-0.4, -0.2) is 48.9 Å². The monoisotopic (exact) mass is 386 g/mol. The van der Waals surface area contributed by atoms with Gasteiger partial charge in [0.05, 0.1) is 13.2 Å². The van der Waals surface area contributed by atoms with Crippen molar-refractivity contribution in [2.75, 3.05) is 42.6 Å². The number of aromatic nitrogens is 2. The molecule has 2 aromatic rings. The molecule has 0 saturated carbocycles. The summed E-state index contributed by atoms with van der Waals surface area (Å²) < 4.78 is 18.7. The number of ether oxygens (including phenoxy) is 1. The van der Waals surface area contributed by atoms with Crippen molar-refractivity contribution < 1.29 is 9.13 Å². The van der Waals surface area contributed by atoms with E-state index in [1.54, 1.807) is 6.07 Å². The average molecular weight is 386 g/mol. The van der Waals surface area contributed by atoms with E-state index in [9.17, 15) is 9.18 Å². The molecule has 2 saturated heterocycles. The smallest absolute Gasteiger partial charge is 0.254 e. The van der Waals surface area contributed by atoms with Crippen molar-refractivity contribution in [2.45, 2.75) is 38.1 Å². The third-order valence-electron chi connectivity index (χ3n) is 5.58. The molecule has 7 heteroatoms. The van der Waals surface area contributed by atoms with Gasteiger partial charge in [-0.25, -0.2) is 4.39 Å². The van der Waals surface area contributed by atoms with Gasteiger partial charge in [-0.05, 0) is 37.0 Å². The first-order valence-corrected chi connectivity index (χ1v) is 10.1. The molecule has 1 aromatic heterocycles. The van der Waals surface area contributed by atoms with Crippen molar-refractivity contribution in [1.29, 1.82) is 0 Å². The van der Waals surface area contributed by atoms with Crippen LogP contribution in [-0.2, 0) is 11.2 Å². The fourth-order valence-corrected chi connectivity index (χ4v) is 4.08. The van der Waals surface area contributed by atoms with E-state index < -0.39 is 0 Å². The maximum absolute atomic E-state index is 13.3. The van der Waals surface area contributed by atoms with Gasteiger partial charge in [-0.1, -0.05) is 25.0 Å². The molecule has 0 radical (unpaired) electrons. The lowest BCUT2D eigenvalue weighted by atomic mass is 10.0. The van der Waals surface area contributed by atoms with Gasteiger partial charge in [-0.2, -0.15) is 4.98 Å². The standard InChI is InChI=1S/C21H27FN4O2/c22-17-7-5-16(6-8-17)14-18-4-2-1-3-9-26(18)21-23-19(15-20(27)24-21)25-10-12-28-13-11-25/h5-8,15,18H,1-4,9-14H2,(H,23,24,27)/t18-/m1/s1. The molecule has 2 aliphatic heterocycles. The molecule has 1 N–H and O–H groups in total. The molecule has 0 aliphatic carbocycles. The maximum atomic E-state index is 13.3. The van der Waals surface area contributed by atoms with Crippen molar-refractivity contribution in [3.8, 4) is 0 Å². The summed E-state index contributed by atoms with van der Waals surface area (Å²) in [4.78, 5) is 24.5. The Kier molecular flexibility index (Phi) is 5.90. The third-order valence-corrected chi connectivity index (χ3v) is 5.58. The first-order valence-electron chi connectivity index (χ1n) is 10.1. The van der Waals surface area contributed by atoms with Gasteiger partial charge in [0.1, 0.15) is 11.6 Å². The van der Waals surface area contributed by atoms with Crippen LogP contribution in [0.5, 0.6) is 0 Å². The van der Waals surface area contributed by atoms with Gasteiger partial charge < -0.3 is 14.5 Å². The van der Waals surface area contributed by atoms with E-state index in [2.05, 4.69) is 14.8 Å². The van der Waals surface area contributed by atoms with E-state index in [0.29, 0.717) is 25.0 Å². The molecule has 1 atom stereocenters. The number of nitrogens with one attached hydrogen (secondary N) is 1. The molecule has 2 fully saturated rings. The van der Waals surface area contributed by atoms with Crippen LogP contribution in [0.2, 0.25) is 0 Å². The molecule has 0 unspecified atom stereocenters. The first-order chi connectivity index (χ1) is 13.7. The van der Waals surface area contributed by atoms with E-state index in [0.717, 1.165) is 50.9 Å². The summed E-state index contributed by atoms with van der Waals surface area (Å²) in [7, 11) is 0. The second kappa shape index (κ2) is 8.73. The fourth-order valence-electron chi connectivity index (χ4n) is 4.08. The van der Waals surface area contributed by atoms with Crippen LogP contribution in [0.15, 0.2) is 35.1 Å². The van der Waals surface area contributed by atoms with Gasteiger partial charge >= 0.3 is 0 Å². The first kappa shape index (κ1) is 18.9. The van der Waals surface area contributed by atoms with E-state index >= 15 is 0 Å². The average Bonchev–Trinajstić information content (AvgIpc) is 2.95. The van der Waals surface area contributed by atoms with Crippen LogP contribution in [0.25, 0.3) is 0 Å². The van der Waals surface area contributed by atoms with E-state index in [-0.39, 0.29) is 17.4 Å². The van der Waals surface area contributed by atoms with Gasteiger partial charge in [0.15, 0.2) is 0 Å². The van der Waals surface area contributed by atoms with Crippen molar-refractivity contribution >= 4 is 11.8 Å². The highest BCUT2D eigenvalue weighted by Crippen LogP contribution is 2.25. The number of aromatic amines is 1. The highest BCUT2D eigenvalue weighted by Gasteiger charge is 2.25. The number of rotatable bonds is 4. The normalized spacial score (nSPS) is 20.8. The number of H-pyrrole nitrogens is 1. The Morgan fingerprint density at radius 2 is 1.89 bits per heavy atom. The second-order valence-corrected chi connectivity index (χ2v) is 7.55. The van der Waals surface area contributed by atoms with Crippen LogP contribution in [0.4, 0.5) is 16.2 Å². The summed E-state index contributed by atoms with van der Waals surface area (Å²) in [6.07, 6.45) is 5.24. The number of hydrogen-bond acceptors (Lipinski definition) is 5. The Morgan fingerprint density at radius 1 is 1.11 bits per heavy atom. The van der Waals surface area contributed by atoms with Gasteiger partial charge in [0.25, 0.3) is 5.56 Å². The van der Waals surface area contributed by atoms with Gasteiger partial charge in [0.2, 0.25) is 5.95 Å². The SMILES string of the molecule is O=c1cc(N2CCOCC2)nc(N2CCCCC[C@@H]2Cc2ccc(F)cc2)[nH]1. The summed E-state index contributed by atoms with van der Waals surface area (Å²) in [5.74, 6) is 1.14. The summed E-state index contributed by atoms with van der Waals surface area (Å²) in [5.41, 5.74) is 0.973. The molecule has 0 amide bonds. The van der Waals surface area contributed by atoms with Gasteiger partial charge in [-0.3, -0.25) is 9.78 Å². The van der Waals surface area contributed by atoms with Gasteiger partial charge in [0, 0.05) is 31.7 Å². The molecule has 0 bridgehead atoms. The molecule has 2 aliphatic rings. The predicted molar refractivity (Wildman–Crippen MR) is 108 cm³/mol. The van der Waals surface area contributed by atoms with E-state index in [1.807, 2.05) is 12.1 Å². The zero-order chi connectivity index (χ0) is 19.3. The largest absolute Gasteiger partial charge is 0.378 e. The minimum Gasteiger partial charge on any atom is -0.378 e. The van der Waals surface area contributed by atoms with Crippen LogP contribution < -0.4 is 15.4 Å². The maximum Gasteiger partial charge on any atom is 0.254 e. The summed E-state index contributed by atoms with van der Waals surface area (Å²) in [6.45, 7) is 3.66. The summed E-state index contributed by atoms with van der Waals surface area (Å²) in [5, 5.41) is 0. The Labute approximate surface area is 164 Å². The molecule has 3 heterocycles. The molecule has 150 valence electrons. The van der Waals surface area contributed by atoms with Crippen molar-refractivity contribution in [2.24, 2.45) is 0 Å². The number of benzene rings is 1. The zero-order valence-electron chi connectivity index (χ0n) is 16.1. The van der Waals surface area contributed by atoms with Crippen molar-refractivity contribution in [3.05, 3.63) is 52.1 Å². The third kappa shape index (κ3) is 4.52. The Bertz CT molecular complexity index is 833. The number of halogens is 1. The molecule has 28 heavy (non-hydrogen) atoms. The molecule has 6 nitrogen and oxygen atoms in total.